The highest BCUT2D eigenvalue weighted by Crippen LogP contribution is 2.47. The van der Waals surface area contributed by atoms with E-state index in [0.717, 1.165) is 37.7 Å². The minimum absolute atomic E-state index is 0.136. The van der Waals surface area contributed by atoms with Crippen LogP contribution in [0.2, 0.25) is 0 Å². The molecule has 1 unspecified atom stereocenters. The fraction of sp³-hybridized carbons (Fsp3) is 0.522. The molecule has 0 radical (unpaired) electrons. The van der Waals surface area contributed by atoms with E-state index < -0.39 is 16.9 Å². The van der Waals surface area contributed by atoms with Crippen LogP contribution in [0.5, 0.6) is 0 Å². The van der Waals surface area contributed by atoms with E-state index in [0.29, 0.717) is 23.3 Å². The fourth-order valence-electron chi connectivity index (χ4n) is 4.35. The first-order valence-corrected chi connectivity index (χ1v) is 10.1. The normalized spacial score (nSPS) is 17.3. The van der Waals surface area contributed by atoms with E-state index >= 15 is 0 Å². The SMILES string of the molecule is Cc1cc(C(NC=O)(C(=O)OC2CCCCC2)C(C)(C)C)c2ccc(C#N)oc1-2. The summed E-state index contributed by atoms with van der Waals surface area (Å²) in [6.45, 7) is 7.57. The summed E-state index contributed by atoms with van der Waals surface area (Å²) in [5.41, 5.74) is 0.0350. The predicted molar refractivity (Wildman–Crippen MR) is 108 cm³/mol. The molecule has 1 aliphatic heterocycles. The minimum Gasteiger partial charge on any atom is -0.460 e. The maximum atomic E-state index is 13.6. The van der Waals surface area contributed by atoms with Gasteiger partial charge in [-0.3, -0.25) is 4.79 Å². The zero-order chi connectivity index (χ0) is 21.2. The van der Waals surface area contributed by atoms with E-state index in [-0.39, 0.29) is 11.9 Å². The lowest BCUT2D eigenvalue weighted by atomic mass is 9.68. The number of carbonyl (C=O) groups is 2. The van der Waals surface area contributed by atoms with Gasteiger partial charge in [-0.25, -0.2) is 4.79 Å². The zero-order valence-corrected chi connectivity index (χ0v) is 17.5. The van der Waals surface area contributed by atoms with Crippen molar-refractivity contribution in [2.45, 2.75) is 71.4 Å². The largest absolute Gasteiger partial charge is 0.460 e. The van der Waals surface area contributed by atoms with Gasteiger partial charge in [-0.2, -0.15) is 5.26 Å². The van der Waals surface area contributed by atoms with Crippen molar-refractivity contribution in [3.63, 3.8) is 0 Å². The smallest absolute Gasteiger partial charge is 0.337 e. The van der Waals surface area contributed by atoms with Gasteiger partial charge < -0.3 is 14.5 Å². The Hall–Kier alpha value is -2.81. The molecule has 3 rings (SSSR count). The Morgan fingerprint density at radius 1 is 1.28 bits per heavy atom. The standard InChI is InChI=1S/C23H28N2O4/c1-15-12-19(18-11-10-17(13-24)28-20(15)18)23(25-14-26,22(2,3)4)21(27)29-16-8-6-5-7-9-16/h10-12,14,16H,5-9H2,1-4H3,(H,25,26). The van der Waals surface area contributed by atoms with Crippen LogP contribution in [0.1, 0.15) is 69.8 Å². The van der Waals surface area contributed by atoms with Gasteiger partial charge >= 0.3 is 5.97 Å². The van der Waals surface area contributed by atoms with Crippen LogP contribution in [0, 0.1) is 23.7 Å². The number of esters is 1. The molecule has 6 heteroatoms. The van der Waals surface area contributed by atoms with Gasteiger partial charge in [0.2, 0.25) is 12.2 Å². The topological polar surface area (TPSA) is 92.3 Å². The van der Waals surface area contributed by atoms with Crippen LogP contribution in [-0.4, -0.2) is 18.5 Å². The first-order chi connectivity index (χ1) is 13.7. The van der Waals surface area contributed by atoms with Crippen LogP contribution < -0.4 is 5.32 Å². The third-order valence-electron chi connectivity index (χ3n) is 5.91. The van der Waals surface area contributed by atoms with Gasteiger partial charge in [0.05, 0.1) is 0 Å². The molecule has 3 aliphatic rings. The number of fused-ring (bicyclic) bond motifs is 1. The van der Waals surface area contributed by atoms with E-state index in [1.165, 1.54) is 0 Å². The van der Waals surface area contributed by atoms with Gasteiger partial charge in [0, 0.05) is 16.5 Å². The van der Waals surface area contributed by atoms with Crippen LogP contribution in [0.15, 0.2) is 22.6 Å². The Morgan fingerprint density at radius 2 is 1.97 bits per heavy atom. The van der Waals surface area contributed by atoms with Crippen LogP contribution in [0.4, 0.5) is 0 Å². The molecule has 1 amide bonds. The number of hydrogen-bond acceptors (Lipinski definition) is 5. The summed E-state index contributed by atoms with van der Waals surface area (Å²) in [5.74, 6) is 0.262. The van der Waals surface area contributed by atoms with E-state index in [9.17, 15) is 9.59 Å². The summed E-state index contributed by atoms with van der Waals surface area (Å²) < 4.78 is 11.7. The number of aryl methyl sites for hydroxylation is 1. The number of carbonyl (C=O) groups excluding carboxylic acids is 2. The van der Waals surface area contributed by atoms with Crippen LogP contribution in [0.25, 0.3) is 11.3 Å². The second-order valence-corrected chi connectivity index (χ2v) is 8.82. The Morgan fingerprint density at radius 3 is 2.55 bits per heavy atom. The first-order valence-electron chi connectivity index (χ1n) is 10.1. The number of amides is 1. The van der Waals surface area contributed by atoms with Crippen molar-refractivity contribution in [1.29, 1.82) is 5.26 Å². The van der Waals surface area contributed by atoms with Crippen molar-refractivity contribution in [3.8, 4) is 17.4 Å². The van der Waals surface area contributed by atoms with E-state index in [1.54, 1.807) is 12.1 Å². The summed E-state index contributed by atoms with van der Waals surface area (Å²) >= 11 is 0. The molecule has 0 bridgehead atoms. The molecule has 154 valence electrons. The van der Waals surface area contributed by atoms with Crippen molar-refractivity contribution in [2.24, 2.45) is 5.41 Å². The monoisotopic (exact) mass is 396 g/mol. The molecular weight excluding hydrogens is 368 g/mol. The molecule has 0 saturated heterocycles. The molecule has 2 aliphatic carbocycles. The lowest BCUT2D eigenvalue weighted by Crippen LogP contribution is -2.58. The Labute approximate surface area is 171 Å². The molecule has 6 nitrogen and oxygen atoms in total. The summed E-state index contributed by atoms with van der Waals surface area (Å²) in [7, 11) is 0. The quantitative estimate of drug-likeness (QED) is 0.596. The second-order valence-electron chi connectivity index (χ2n) is 8.82. The Balaban J connectivity index is 2.15. The van der Waals surface area contributed by atoms with Crippen LogP contribution in [-0.2, 0) is 19.9 Å². The predicted octanol–water partition coefficient (Wildman–Crippen LogP) is 4.43. The molecule has 1 fully saturated rings. The van der Waals surface area contributed by atoms with Crippen molar-refractivity contribution in [3.05, 3.63) is 35.1 Å². The number of ether oxygens (including phenoxy) is 1. The molecule has 0 aromatic rings. The molecule has 1 atom stereocenters. The molecule has 0 spiro atoms. The average molecular weight is 396 g/mol. The maximum absolute atomic E-state index is 13.6. The summed E-state index contributed by atoms with van der Waals surface area (Å²) in [6.07, 6.45) is 5.33. The van der Waals surface area contributed by atoms with Gasteiger partial charge in [0.25, 0.3) is 0 Å². The lowest BCUT2D eigenvalue weighted by molar-refractivity contribution is -0.166. The number of nitrogens with one attached hydrogen (secondary N) is 1. The van der Waals surface area contributed by atoms with E-state index in [2.05, 4.69) is 5.32 Å². The third-order valence-corrected chi connectivity index (χ3v) is 5.91. The third kappa shape index (κ3) is 3.62. The lowest BCUT2D eigenvalue weighted by Gasteiger charge is -2.43. The summed E-state index contributed by atoms with van der Waals surface area (Å²) in [6, 6.07) is 7.18. The van der Waals surface area contributed by atoms with Gasteiger partial charge in [-0.1, -0.05) is 27.2 Å². The van der Waals surface area contributed by atoms with Crippen molar-refractivity contribution in [2.75, 3.05) is 0 Å². The number of nitrogens with zero attached hydrogens (tertiary/aromatic N) is 1. The number of rotatable bonds is 5. The maximum Gasteiger partial charge on any atom is 0.337 e. The van der Waals surface area contributed by atoms with E-state index in [1.807, 2.05) is 39.8 Å². The van der Waals surface area contributed by atoms with Crippen molar-refractivity contribution in [1.82, 2.24) is 5.32 Å². The summed E-state index contributed by atoms with van der Waals surface area (Å²) in [5, 5.41) is 12.0. The Bertz CT molecular complexity index is 912. The zero-order valence-electron chi connectivity index (χ0n) is 17.5. The van der Waals surface area contributed by atoms with Gasteiger partial charge in [-0.15, -0.1) is 0 Å². The molecule has 1 N–H and O–H groups in total. The van der Waals surface area contributed by atoms with Crippen molar-refractivity contribution < 1.29 is 18.7 Å². The van der Waals surface area contributed by atoms with Gasteiger partial charge in [0.15, 0.2) is 5.54 Å². The van der Waals surface area contributed by atoms with Gasteiger partial charge in [0.1, 0.15) is 17.9 Å². The second kappa shape index (κ2) is 7.90. The minimum atomic E-state index is -1.39. The highest BCUT2D eigenvalue weighted by molar-refractivity contribution is 5.90. The molecule has 0 aromatic heterocycles. The average Bonchev–Trinajstić information content (AvgIpc) is 3.01. The number of hydrogen-bond donors (Lipinski definition) is 1. The molecule has 29 heavy (non-hydrogen) atoms. The van der Waals surface area contributed by atoms with Crippen LogP contribution in [0.3, 0.4) is 0 Å². The summed E-state index contributed by atoms with van der Waals surface area (Å²) in [4.78, 5) is 25.3. The highest BCUT2D eigenvalue weighted by atomic mass is 16.5. The van der Waals surface area contributed by atoms with Crippen LogP contribution >= 0.6 is 0 Å². The molecular formula is C23H28N2O4. The first kappa shape index (κ1) is 20.9. The van der Waals surface area contributed by atoms with Crippen molar-refractivity contribution >= 4 is 12.4 Å². The molecule has 1 saturated carbocycles. The highest BCUT2D eigenvalue weighted by Gasteiger charge is 2.54. The van der Waals surface area contributed by atoms with E-state index in [4.69, 9.17) is 14.4 Å². The fourth-order valence-corrected chi connectivity index (χ4v) is 4.35. The Kier molecular flexibility index (Phi) is 5.70. The molecule has 0 aromatic carbocycles. The van der Waals surface area contributed by atoms with Gasteiger partial charge in [-0.05, 0) is 56.4 Å². The number of nitriles is 1. The molecule has 1 heterocycles.